The zero-order valence-electron chi connectivity index (χ0n) is 16.8. The molecule has 3 aromatic rings. The van der Waals surface area contributed by atoms with Crippen LogP contribution in [0.15, 0.2) is 72.3 Å². The Morgan fingerprint density at radius 2 is 1.73 bits per heavy atom. The smallest absolute Gasteiger partial charge is 0.266 e. The molecule has 0 saturated carbocycles. The molecule has 0 saturated heterocycles. The van der Waals surface area contributed by atoms with Crippen molar-refractivity contribution in [3.8, 4) is 11.8 Å². The summed E-state index contributed by atoms with van der Waals surface area (Å²) in [5.74, 6) is 0.240. The Labute approximate surface area is 181 Å². The highest BCUT2D eigenvalue weighted by atomic mass is 35.5. The topological polar surface area (TPSA) is 62.1 Å². The molecule has 0 fully saturated rings. The maximum absolute atomic E-state index is 12.4. The van der Waals surface area contributed by atoms with Crippen LogP contribution in [0, 0.1) is 25.2 Å². The Morgan fingerprint density at radius 1 is 1.03 bits per heavy atom. The van der Waals surface area contributed by atoms with Gasteiger partial charge in [-0.05, 0) is 78.6 Å². The molecule has 0 aliphatic carbocycles. The second-order valence-electron chi connectivity index (χ2n) is 6.91. The first-order valence-electron chi connectivity index (χ1n) is 9.42. The number of nitrogens with one attached hydrogen (secondary N) is 1. The molecule has 3 aromatic carbocycles. The van der Waals surface area contributed by atoms with Crippen molar-refractivity contribution in [3.63, 3.8) is 0 Å². The molecule has 0 atom stereocenters. The minimum Gasteiger partial charge on any atom is -0.489 e. The standard InChI is InChI=1S/C25H21ClN2O2/c1-17-3-4-20(13-18(17)2)16-30-24-11-5-19(6-12-24)14-21(15-27)25(29)28-23-9-7-22(26)8-10-23/h3-14H,16H2,1-2H3,(H,28,29)/b21-14+. The summed E-state index contributed by atoms with van der Waals surface area (Å²) in [6.07, 6.45) is 1.54. The lowest BCUT2D eigenvalue weighted by atomic mass is 10.1. The van der Waals surface area contributed by atoms with Crippen molar-refractivity contribution in [2.45, 2.75) is 20.5 Å². The van der Waals surface area contributed by atoms with Crippen LogP contribution in [0.4, 0.5) is 5.69 Å². The summed E-state index contributed by atoms with van der Waals surface area (Å²) in [6.45, 7) is 4.64. The number of amides is 1. The summed E-state index contributed by atoms with van der Waals surface area (Å²) >= 11 is 5.84. The Morgan fingerprint density at radius 3 is 2.37 bits per heavy atom. The van der Waals surface area contributed by atoms with Crippen LogP contribution in [-0.4, -0.2) is 5.91 Å². The van der Waals surface area contributed by atoms with Crippen LogP contribution in [0.2, 0.25) is 5.02 Å². The van der Waals surface area contributed by atoms with E-state index in [1.165, 1.54) is 11.1 Å². The van der Waals surface area contributed by atoms with E-state index in [1.807, 2.05) is 30.3 Å². The summed E-state index contributed by atoms with van der Waals surface area (Å²) in [6, 6.07) is 22.1. The van der Waals surface area contributed by atoms with Crippen molar-refractivity contribution in [2.24, 2.45) is 0 Å². The molecule has 0 aromatic heterocycles. The molecule has 30 heavy (non-hydrogen) atoms. The van der Waals surface area contributed by atoms with Gasteiger partial charge in [-0.15, -0.1) is 0 Å². The van der Waals surface area contributed by atoms with Gasteiger partial charge in [0.2, 0.25) is 0 Å². The predicted octanol–water partition coefficient (Wildman–Crippen LogP) is 6.08. The molecule has 0 radical (unpaired) electrons. The van der Waals surface area contributed by atoms with E-state index in [0.717, 1.165) is 16.9 Å². The monoisotopic (exact) mass is 416 g/mol. The highest BCUT2D eigenvalue weighted by Gasteiger charge is 2.09. The molecule has 1 amide bonds. The lowest BCUT2D eigenvalue weighted by molar-refractivity contribution is -0.112. The minimum atomic E-state index is -0.477. The first kappa shape index (κ1) is 21.2. The van der Waals surface area contributed by atoms with Crippen LogP contribution in [-0.2, 0) is 11.4 Å². The SMILES string of the molecule is Cc1ccc(COc2ccc(/C=C(\C#N)C(=O)Nc3ccc(Cl)cc3)cc2)cc1C. The average Bonchev–Trinajstić information content (AvgIpc) is 2.75. The number of benzene rings is 3. The number of nitriles is 1. The lowest BCUT2D eigenvalue weighted by Crippen LogP contribution is -2.13. The largest absolute Gasteiger partial charge is 0.489 e. The fourth-order valence-electron chi connectivity index (χ4n) is 2.77. The molecule has 1 N–H and O–H groups in total. The van der Waals surface area contributed by atoms with Crippen molar-refractivity contribution in [2.75, 3.05) is 5.32 Å². The third-order valence-corrected chi connectivity index (χ3v) is 4.89. The highest BCUT2D eigenvalue weighted by Crippen LogP contribution is 2.18. The second-order valence-corrected chi connectivity index (χ2v) is 7.34. The van der Waals surface area contributed by atoms with Crippen LogP contribution in [0.25, 0.3) is 6.08 Å². The van der Waals surface area contributed by atoms with Gasteiger partial charge in [0.05, 0.1) is 0 Å². The van der Waals surface area contributed by atoms with Crippen LogP contribution >= 0.6 is 11.6 Å². The number of carbonyl (C=O) groups is 1. The molecule has 0 bridgehead atoms. The minimum absolute atomic E-state index is 0.00810. The van der Waals surface area contributed by atoms with E-state index in [4.69, 9.17) is 16.3 Å². The number of carbonyl (C=O) groups excluding carboxylic acids is 1. The van der Waals surface area contributed by atoms with Gasteiger partial charge >= 0.3 is 0 Å². The molecular formula is C25H21ClN2O2. The summed E-state index contributed by atoms with van der Waals surface area (Å²) in [4.78, 5) is 12.4. The molecule has 4 nitrogen and oxygen atoms in total. The molecular weight excluding hydrogens is 396 g/mol. The number of rotatable bonds is 6. The van der Waals surface area contributed by atoms with Crippen LogP contribution in [0.1, 0.15) is 22.3 Å². The van der Waals surface area contributed by atoms with Crippen molar-refractivity contribution in [3.05, 3.63) is 99.6 Å². The Kier molecular flexibility index (Phi) is 6.90. The fourth-order valence-corrected chi connectivity index (χ4v) is 2.89. The molecule has 0 aliphatic rings. The maximum Gasteiger partial charge on any atom is 0.266 e. The van der Waals surface area contributed by atoms with Gasteiger partial charge in [-0.3, -0.25) is 4.79 Å². The first-order chi connectivity index (χ1) is 14.4. The van der Waals surface area contributed by atoms with Crippen molar-refractivity contribution in [1.29, 1.82) is 5.26 Å². The highest BCUT2D eigenvalue weighted by molar-refractivity contribution is 6.30. The maximum atomic E-state index is 12.4. The molecule has 0 unspecified atom stereocenters. The summed E-state index contributed by atoms with van der Waals surface area (Å²) in [5, 5.41) is 12.6. The Hall–Kier alpha value is -3.55. The third-order valence-electron chi connectivity index (χ3n) is 4.64. The average molecular weight is 417 g/mol. The number of halogens is 1. The Balaban J connectivity index is 1.64. The van der Waals surface area contributed by atoms with Gasteiger partial charge in [0.25, 0.3) is 5.91 Å². The number of hydrogen-bond acceptors (Lipinski definition) is 3. The van der Waals surface area contributed by atoms with E-state index in [-0.39, 0.29) is 5.57 Å². The van der Waals surface area contributed by atoms with Crippen LogP contribution in [0.5, 0.6) is 5.75 Å². The molecule has 5 heteroatoms. The Bertz CT molecular complexity index is 1110. The third kappa shape index (κ3) is 5.73. The molecule has 3 rings (SSSR count). The van der Waals surface area contributed by atoms with Gasteiger partial charge in [0.1, 0.15) is 24.0 Å². The number of ether oxygens (including phenoxy) is 1. The van der Waals surface area contributed by atoms with Crippen molar-refractivity contribution < 1.29 is 9.53 Å². The first-order valence-corrected chi connectivity index (χ1v) is 9.80. The van der Waals surface area contributed by atoms with E-state index < -0.39 is 5.91 Å². The summed E-state index contributed by atoms with van der Waals surface area (Å²) in [7, 11) is 0. The van der Waals surface area contributed by atoms with Gasteiger partial charge in [0, 0.05) is 10.7 Å². The van der Waals surface area contributed by atoms with Gasteiger partial charge in [-0.1, -0.05) is 41.9 Å². The van der Waals surface area contributed by atoms with Crippen molar-refractivity contribution in [1.82, 2.24) is 0 Å². The second kappa shape index (κ2) is 9.78. The van der Waals surface area contributed by atoms with Crippen LogP contribution in [0.3, 0.4) is 0 Å². The van der Waals surface area contributed by atoms with E-state index in [9.17, 15) is 10.1 Å². The molecule has 0 spiro atoms. The number of anilines is 1. The van der Waals surface area contributed by atoms with E-state index in [1.54, 1.807) is 30.3 Å². The van der Waals surface area contributed by atoms with Gasteiger partial charge in [0.15, 0.2) is 0 Å². The number of aryl methyl sites for hydroxylation is 2. The van der Waals surface area contributed by atoms with Gasteiger partial charge in [-0.2, -0.15) is 5.26 Å². The van der Waals surface area contributed by atoms with E-state index in [0.29, 0.717) is 17.3 Å². The zero-order chi connectivity index (χ0) is 21.5. The summed E-state index contributed by atoms with van der Waals surface area (Å²) in [5.41, 5.74) is 4.90. The molecule has 0 heterocycles. The van der Waals surface area contributed by atoms with Gasteiger partial charge in [-0.25, -0.2) is 0 Å². The van der Waals surface area contributed by atoms with Crippen molar-refractivity contribution >= 4 is 29.3 Å². The predicted molar refractivity (Wildman–Crippen MR) is 120 cm³/mol. The van der Waals surface area contributed by atoms with E-state index in [2.05, 4.69) is 37.4 Å². The van der Waals surface area contributed by atoms with E-state index >= 15 is 0 Å². The lowest BCUT2D eigenvalue weighted by Gasteiger charge is -2.09. The normalized spacial score (nSPS) is 10.9. The van der Waals surface area contributed by atoms with Gasteiger partial charge < -0.3 is 10.1 Å². The number of nitrogens with zero attached hydrogens (tertiary/aromatic N) is 1. The van der Waals surface area contributed by atoms with Crippen LogP contribution < -0.4 is 10.1 Å². The molecule has 0 aliphatic heterocycles. The quantitative estimate of drug-likeness (QED) is 0.391. The zero-order valence-corrected chi connectivity index (χ0v) is 17.5. The molecule has 150 valence electrons. The number of hydrogen-bond donors (Lipinski definition) is 1. The fraction of sp³-hybridized carbons (Fsp3) is 0.120. The summed E-state index contributed by atoms with van der Waals surface area (Å²) < 4.78 is 5.83.